The van der Waals surface area contributed by atoms with Crippen molar-refractivity contribution in [1.82, 2.24) is 56.5 Å². The zero-order valence-electron chi connectivity index (χ0n) is 69.9. The number of ether oxygens (including phenoxy) is 1. The van der Waals surface area contributed by atoms with E-state index in [1.165, 1.54) is 38.9 Å². The minimum absolute atomic E-state index is 0.0301. The summed E-state index contributed by atoms with van der Waals surface area (Å²) >= 11 is 0. The number of aliphatic carboxylic acids is 4. The summed E-state index contributed by atoms with van der Waals surface area (Å²) in [4.78, 5) is 131. The summed E-state index contributed by atoms with van der Waals surface area (Å²) in [5, 5.41) is 120. The molecule has 1 saturated carbocycles. The quantitative estimate of drug-likeness (QED) is 0.0252. The van der Waals surface area contributed by atoms with Crippen LogP contribution in [-0.2, 0) is 98.3 Å². The Morgan fingerprint density at radius 2 is 0.776 bits per heavy atom. The number of carbonyl (C=O) groups is 11. The van der Waals surface area contributed by atoms with E-state index in [0.717, 1.165) is 17.2 Å². The molecule has 6 rings (SSSR count). The van der Waals surface area contributed by atoms with E-state index in [1.54, 1.807) is 9.44 Å². The van der Waals surface area contributed by atoms with Crippen molar-refractivity contribution in [2.75, 3.05) is 91.8 Å². The summed E-state index contributed by atoms with van der Waals surface area (Å²) in [6, 6.07) is -9.11. The molecule has 5 aliphatic heterocycles. The van der Waals surface area contributed by atoms with Crippen LogP contribution in [0.1, 0.15) is 98.8 Å². The lowest BCUT2D eigenvalue weighted by atomic mass is 9.78. The Bertz CT molecular complexity index is 4170. The largest absolute Gasteiger partial charge is 0.480 e. The van der Waals surface area contributed by atoms with E-state index >= 15 is 0 Å². The molecule has 125 heavy (non-hydrogen) atoms. The van der Waals surface area contributed by atoms with Crippen molar-refractivity contribution in [3.8, 4) is 0 Å². The molecule has 63 heteroatoms. The van der Waals surface area contributed by atoms with E-state index in [9.17, 15) is 107 Å². The van der Waals surface area contributed by atoms with Gasteiger partial charge in [0, 0.05) is 108 Å². The molecule has 1 aliphatic carbocycles. The number of hydrogen-bond acceptors (Lipinski definition) is 39. The smallest absolute Gasteiger partial charge is 0.451 e. The van der Waals surface area contributed by atoms with Crippen LogP contribution in [-0.4, -0.2) is 388 Å². The van der Waals surface area contributed by atoms with Gasteiger partial charge in [-0.1, -0.05) is 25.7 Å². The number of carboxylic acid groups (broad SMARTS) is 4. The van der Waals surface area contributed by atoms with Crippen molar-refractivity contribution >= 4 is 135 Å². The second kappa shape index (κ2) is 48.2. The molecule has 6 aliphatic rings. The van der Waals surface area contributed by atoms with Crippen LogP contribution in [0.25, 0.3) is 0 Å². The third-order valence-corrected chi connectivity index (χ3v) is 28.5. The summed E-state index contributed by atoms with van der Waals surface area (Å²) < 4.78 is 118. The van der Waals surface area contributed by atoms with Crippen LogP contribution in [0.2, 0.25) is 25.3 Å². The van der Waals surface area contributed by atoms with E-state index < -0.39 is 267 Å². The monoisotopic (exact) mass is 1880 g/mol. The van der Waals surface area contributed by atoms with Crippen molar-refractivity contribution in [2.45, 2.75) is 207 Å². The van der Waals surface area contributed by atoms with Gasteiger partial charge in [0.15, 0.2) is 0 Å². The maximum Gasteiger partial charge on any atom is 0.451 e. The average molecular weight is 1880 g/mol. The van der Waals surface area contributed by atoms with Gasteiger partial charge in [0.25, 0.3) is 27.9 Å². The number of carbonyl (C=O) groups excluding carboxylic acids is 7. The van der Waals surface area contributed by atoms with Gasteiger partial charge in [0.05, 0.1) is 49.5 Å². The normalized spacial score (nSPS) is 25.9. The van der Waals surface area contributed by atoms with Crippen LogP contribution in [0.3, 0.4) is 0 Å². The van der Waals surface area contributed by atoms with Crippen molar-refractivity contribution in [3.63, 3.8) is 0 Å². The number of hydrogen-bond donors (Lipinski definition) is 29. The SMILES string of the molecule is CCN(C(=O)[C@H](CN)NC(=O)[C@H](C)N)S(=O)(=O)N1C[C@H](CCCB(O)O)[C@](N)(C(=O)O)C1.C[C@H](N)C(=O)NC[C@H](N)C(=O)NS(=O)(=O)N1C[C@H](CCCB(O)O)[C@](N)(C(=O)O)C1.C[C@H](N)C(=O)N[C@@H](CN)C(=O)NS(=O)(=O)N1C[C@H](CCCB(O)O)[C@](N)(C(=O)O)C1.C[C@H](N)C(=O)N[C@H]1COCC1N(C1CC1)S(=O)(=O)N1C[C@H](CCCB(O)O)[C@](N)(C(=O)O)C1. The zero-order valence-corrected chi connectivity index (χ0v) is 73.2. The predicted octanol–water partition coefficient (Wildman–Crippen LogP) is -17.1. The molecule has 6 fully saturated rings. The van der Waals surface area contributed by atoms with Gasteiger partial charge in [-0.3, -0.25) is 52.7 Å². The molecule has 0 aromatic carbocycles. The fourth-order valence-electron chi connectivity index (χ4n) is 14.0. The highest BCUT2D eigenvalue weighted by atomic mass is 32.2. The van der Waals surface area contributed by atoms with Crippen molar-refractivity contribution in [2.24, 2.45) is 86.7 Å². The fourth-order valence-corrected chi connectivity index (χ4v) is 20.4. The first kappa shape index (κ1) is 112. The minimum atomic E-state index is -4.50. The number of nitrogens with zero attached hydrogens (tertiary/aromatic N) is 6. The topological polar surface area (TPSA) is 954 Å². The second-order valence-electron chi connectivity index (χ2n) is 31.8. The van der Waals surface area contributed by atoms with Gasteiger partial charge in [-0.25, -0.2) is 13.7 Å². The third kappa shape index (κ3) is 31.2. The standard InChI is InChI=1S/C18H34BN5O8S.C16H33BN6O8S.2C14H29BN6O8S/c1-11(20)16(25)22-14-8-32-9-15(14)24(13-4-5-13)33(30,31)23-7-12(3-2-6-19(28)29)18(21,10-23)17(26)27;1-3-23(14(25)12(7-18)21-13(24)10(2)19)32(30,31)22-8-11(5-4-6-17(28)29)16(20,9-22)15(26)27;1-8(16)11(22)19-5-10(17)12(23)20-30(28,29)21-6-9(3-2-4-15(26)27)14(18,7-21)13(24)25;1-8(17)11(22)19-10(5-16)12(23)20-30(28,29)21-6-9(3-2-4-15(26)27)14(18,7-21)13(24)25/h11-15,28-29H,2-10,20-21H2,1H3,(H,22,25)(H,26,27);10-12,28-29H,3-9,18-20H2,1-2H3,(H,21,24)(H,26,27);2*8-10,26-27H,2-7,16-18H2,1H3,(H,19,22)(H,20,23)(H,24,25)/t11-,12-,14-,15?,18-;10-,11-,12-,16-;2*8-,9-,10-,14-/m0000/s1. The first-order chi connectivity index (χ1) is 57.5. The van der Waals surface area contributed by atoms with E-state index in [4.69, 9.17) is 108 Å². The van der Waals surface area contributed by atoms with E-state index in [2.05, 4.69) is 21.3 Å². The van der Waals surface area contributed by atoms with Gasteiger partial charge in [0.2, 0.25) is 23.6 Å². The Hall–Kier alpha value is -6.77. The average Bonchev–Trinajstić information content (AvgIpc) is 1.60. The summed E-state index contributed by atoms with van der Waals surface area (Å²) in [5.41, 5.74) is 54.9. The second-order valence-corrected chi connectivity index (χ2v) is 38.9. The van der Waals surface area contributed by atoms with Gasteiger partial charge in [0.1, 0.15) is 40.3 Å². The summed E-state index contributed by atoms with van der Waals surface area (Å²) in [6.45, 7) is 2.76. The number of nitrogens with two attached hydrogens (primary N) is 11. The maximum absolute atomic E-state index is 13.7. The molecule has 0 aromatic rings. The molecule has 40 N–H and O–H groups in total. The minimum Gasteiger partial charge on any atom is -0.480 e. The zero-order chi connectivity index (χ0) is 96.0. The number of rotatable bonds is 45. The molecule has 5 heterocycles. The fraction of sp³-hybridized carbons (Fsp3) is 0.823. The molecule has 0 radical (unpaired) electrons. The van der Waals surface area contributed by atoms with Gasteiger partial charge >= 0.3 is 83.0 Å². The van der Waals surface area contributed by atoms with Crippen molar-refractivity contribution < 1.29 is 152 Å². The first-order valence-electron chi connectivity index (χ1n) is 39.8. The van der Waals surface area contributed by atoms with Gasteiger partial charge < -0.3 is 150 Å². The molecule has 0 bridgehead atoms. The Morgan fingerprint density at radius 3 is 1.09 bits per heavy atom. The molecule has 0 spiro atoms. The lowest BCUT2D eigenvalue weighted by Gasteiger charge is -2.34. The van der Waals surface area contributed by atoms with E-state index in [0.29, 0.717) is 17.1 Å². The molecule has 1 unspecified atom stereocenters. The Labute approximate surface area is 724 Å². The van der Waals surface area contributed by atoms with Crippen LogP contribution in [0, 0.1) is 23.7 Å². The summed E-state index contributed by atoms with van der Waals surface area (Å²) in [5.74, 6) is -14.3. The number of likely N-dealkylation sites (N-methyl/N-ethyl adjacent to an activating group) is 1. The number of carboxylic acids is 4. The molecule has 55 nitrogen and oxygen atoms in total. The molecule has 716 valence electrons. The predicted molar refractivity (Wildman–Crippen MR) is 444 cm³/mol. The van der Waals surface area contributed by atoms with E-state index in [1.807, 2.05) is 0 Å². The van der Waals surface area contributed by atoms with Gasteiger partial charge in [-0.15, -0.1) is 0 Å². The molecule has 17 atom stereocenters. The summed E-state index contributed by atoms with van der Waals surface area (Å²) in [6.07, 6.45) is 2.76. The molecule has 7 amide bonds. The first-order valence-corrected chi connectivity index (χ1v) is 45.4. The number of amides is 7. The highest BCUT2D eigenvalue weighted by Crippen LogP contribution is 2.40. The van der Waals surface area contributed by atoms with Crippen LogP contribution >= 0.6 is 0 Å². The number of nitrogens with one attached hydrogen (secondary N) is 6. The van der Waals surface area contributed by atoms with Crippen LogP contribution in [0.4, 0.5) is 0 Å². The highest BCUT2D eigenvalue weighted by Gasteiger charge is 2.59. The lowest BCUT2D eigenvalue weighted by Crippen LogP contribution is -2.59. The van der Waals surface area contributed by atoms with Crippen molar-refractivity contribution in [3.05, 3.63) is 0 Å². The third-order valence-electron chi connectivity index (χ3n) is 21.7. The maximum atomic E-state index is 13.7. The molecule has 0 aromatic heterocycles. The Balaban J connectivity index is 0.000000431. The van der Waals surface area contributed by atoms with Crippen molar-refractivity contribution in [1.29, 1.82) is 0 Å². The summed E-state index contributed by atoms with van der Waals surface area (Å²) in [7, 11) is -23.9. The van der Waals surface area contributed by atoms with E-state index in [-0.39, 0.29) is 142 Å². The van der Waals surface area contributed by atoms with Crippen LogP contribution in [0.5, 0.6) is 0 Å². The van der Waals surface area contributed by atoms with Gasteiger partial charge in [-0.05, 0) is 98.4 Å². The van der Waals surface area contributed by atoms with Crippen LogP contribution in [0.15, 0.2) is 0 Å². The molecular formula is C62H125B4N23O32S4. The molecule has 5 saturated heterocycles. The van der Waals surface area contributed by atoms with Gasteiger partial charge in [-0.2, -0.15) is 55.2 Å². The Morgan fingerprint density at radius 1 is 0.456 bits per heavy atom. The Kier molecular flexibility index (Phi) is 43.4. The lowest BCUT2D eigenvalue weighted by molar-refractivity contribution is -0.145. The molecular weight excluding hydrogens is 1750 g/mol. The highest BCUT2D eigenvalue weighted by molar-refractivity contribution is 7.88. The van der Waals surface area contributed by atoms with Crippen LogP contribution < -0.4 is 93.8 Å².